The van der Waals surface area contributed by atoms with Crippen molar-refractivity contribution in [3.8, 4) is 11.6 Å². The van der Waals surface area contributed by atoms with Gasteiger partial charge in [0.25, 0.3) is 0 Å². The molecule has 15 heavy (non-hydrogen) atoms. The largest absolute Gasteiger partial charge is 0.435 e. The van der Waals surface area contributed by atoms with Crippen LogP contribution >= 0.6 is 31.9 Å². The number of nitrogens with zero attached hydrogens (tertiary/aromatic N) is 2. The highest BCUT2D eigenvalue weighted by Gasteiger charge is 2.07. The molecule has 0 aliphatic heterocycles. The number of rotatable bonds is 2. The molecule has 0 atom stereocenters. The van der Waals surface area contributed by atoms with Crippen LogP contribution in [0.25, 0.3) is 0 Å². The van der Waals surface area contributed by atoms with Crippen molar-refractivity contribution in [2.75, 3.05) is 0 Å². The maximum Gasteiger partial charge on any atom is 0.238 e. The van der Waals surface area contributed by atoms with Crippen LogP contribution in [0.1, 0.15) is 0 Å². The second-order valence-electron chi connectivity index (χ2n) is 2.71. The summed E-state index contributed by atoms with van der Waals surface area (Å²) in [7, 11) is 0. The first-order chi connectivity index (χ1) is 7.27. The predicted molar refractivity (Wildman–Crippen MR) is 63.9 cm³/mol. The number of halogens is 2. The van der Waals surface area contributed by atoms with Gasteiger partial charge >= 0.3 is 0 Å². The predicted octanol–water partition coefficient (Wildman–Crippen LogP) is 3.79. The summed E-state index contributed by atoms with van der Waals surface area (Å²) in [5, 5.41) is 7.58. The number of hydrogen-bond acceptors (Lipinski definition) is 3. The van der Waals surface area contributed by atoms with E-state index in [4.69, 9.17) is 4.74 Å². The quantitative estimate of drug-likeness (QED) is 0.840. The first kappa shape index (κ1) is 10.6. The van der Waals surface area contributed by atoms with Crippen molar-refractivity contribution in [2.24, 2.45) is 0 Å². The lowest BCUT2D eigenvalue weighted by molar-refractivity contribution is 0.450. The molecule has 1 heterocycles. The summed E-state index contributed by atoms with van der Waals surface area (Å²) < 4.78 is 7.30. The molecule has 0 N–H and O–H groups in total. The van der Waals surface area contributed by atoms with E-state index in [1.165, 1.54) is 0 Å². The maximum atomic E-state index is 5.57. The Labute approximate surface area is 104 Å². The van der Waals surface area contributed by atoms with Crippen LogP contribution in [0.3, 0.4) is 0 Å². The van der Waals surface area contributed by atoms with Gasteiger partial charge in [-0.15, -0.1) is 5.10 Å². The van der Waals surface area contributed by atoms with Gasteiger partial charge in [0.2, 0.25) is 5.88 Å². The zero-order valence-corrected chi connectivity index (χ0v) is 10.7. The normalized spacial score (nSPS) is 10.0. The van der Waals surface area contributed by atoms with Crippen LogP contribution in [0.2, 0.25) is 0 Å². The average Bonchev–Trinajstić information content (AvgIpc) is 2.25. The molecule has 1 aromatic carbocycles. The molecule has 1 aromatic heterocycles. The molecule has 0 spiro atoms. The van der Waals surface area contributed by atoms with E-state index in [-0.39, 0.29) is 0 Å². The Morgan fingerprint density at radius 2 is 1.73 bits per heavy atom. The Morgan fingerprint density at radius 1 is 1.00 bits per heavy atom. The summed E-state index contributed by atoms with van der Waals surface area (Å²) >= 11 is 6.80. The zero-order chi connectivity index (χ0) is 10.7. The van der Waals surface area contributed by atoms with Crippen molar-refractivity contribution in [1.82, 2.24) is 10.2 Å². The van der Waals surface area contributed by atoms with Gasteiger partial charge in [-0.1, -0.05) is 6.07 Å². The van der Waals surface area contributed by atoms with Gasteiger partial charge in [-0.25, -0.2) is 0 Å². The monoisotopic (exact) mass is 328 g/mol. The summed E-state index contributed by atoms with van der Waals surface area (Å²) in [5.74, 6) is 1.16. The molecular weight excluding hydrogens is 324 g/mol. The van der Waals surface area contributed by atoms with Gasteiger partial charge < -0.3 is 4.74 Å². The minimum atomic E-state index is 0.463. The maximum absolute atomic E-state index is 5.57. The third kappa shape index (κ3) is 2.54. The van der Waals surface area contributed by atoms with Gasteiger partial charge in [-0.2, -0.15) is 5.10 Å². The molecule has 3 nitrogen and oxygen atoms in total. The summed E-state index contributed by atoms with van der Waals surface area (Å²) in [6, 6.07) is 9.23. The van der Waals surface area contributed by atoms with E-state index in [0.717, 1.165) is 8.95 Å². The summed E-state index contributed by atoms with van der Waals surface area (Å²) in [6.07, 6.45) is 1.60. The number of hydrogen-bond donors (Lipinski definition) is 0. The minimum absolute atomic E-state index is 0.463. The van der Waals surface area contributed by atoms with Crippen molar-refractivity contribution >= 4 is 31.9 Å². The van der Waals surface area contributed by atoms with E-state index in [9.17, 15) is 0 Å². The molecule has 0 unspecified atom stereocenters. The molecular formula is C10H6Br2N2O. The van der Waals surface area contributed by atoms with Crippen LogP contribution in [0, 0.1) is 0 Å². The van der Waals surface area contributed by atoms with E-state index in [1.807, 2.05) is 18.2 Å². The van der Waals surface area contributed by atoms with Crippen LogP contribution in [-0.4, -0.2) is 10.2 Å². The average molecular weight is 330 g/mol. The minimum Gasteiger partial charge on any atom is -0.435 e. The van der Waals surface area contributed by atoms with Crippen LogP contribution in [0.4, 0.5) is 0 Å². The lowest BCUT2D eigenvalue weighted by Gasteiger charge is -2.07. The second kappa shape index (κ2) is 4.72. The topological polar surface area (TPSA) is 35.0 Å². The van der Waals surface area contributed by atoms with Crippen molar-refractivity contribution in [2.45, 2.75) is 0 Å². The Bertz CT molecular complexity index is 442. The van der Waals surface area contributed by atoms with E-state index in [0.29, 0.717) is 11.6 Å². The highest BCUT2D eigenvalue weighted by atomic mass is 79.9. The number of benzene rings is 1. The molecule has 0 radical (unpaired) electrons. The number of para-hydroxylation sites is 1. The van der Waals surface area contributed by atoms with Crippen molar-refractivity contribution in [1.29, 1.82) is 0 Å². The molecule has 0 saturated heterocycles. The molecule has 0 aliphatic rings. The van der Waals surface area contributed by atoms with Gasteiger partial charge in [0.15, 0.2) is 5.75 Å². The molecule has 0 saturated carbocycles. The molecule has 0 amide bonds. The van der Waals surface area contributed by atoms with Crippen LogP contribution in [0.5, 0.6) is 11.6 Å². The highest BCUT2D eigenvalue weighted by Crippen LogP contribution is 2.35. The number of aromatic nitrogens is 2. The Morgan fingerprint density at radius 3 is 2.33 bits per heavy atom. The second-order valence-corrected chi connectivity index (χ2v) is 4.42. The van der Waals surface area contributed by atoms with E-state index < -0.39 is 0 Å². The first-order valence-corrected chi connectivity index (χ1v) is 5.75. The van der Waals surface area contributed by atoms with Gasteiger partial charge in [0.1, 0.15) is 0 Å². The van der Waals surface area contributed by atoms with Gasteiger partial charge in [0, 0.05) is 12.3 Å². The lowest BCUT2D eigenvalue weighted by atomic mass is 10.3. The van der Waals surface area contributed by atoms with Crippen molar-refractivity contribution in [3.05, 3.63) is 45.5 Å². The smallest absolute Gasteiger partial charge is 0.238 e. The standard InChI is InChI=1S/C10H6Br2N2O/c11-7-3-1-4-8(12)10(7)15-9-5-2-6-13-14-9/h1-6H. The third-order valence-corrected chi connectivity index (χ3v) is 2.92. The highest BCUT2D eigenvalue weighted by molar-refractivity contribution is 9.11. The fourth-order valence-corrected chi connectivity index (χ4v) is 2.19. The van der Waals surface area contributed by atoms with E-state index in [2.05, 4.69) is 42.1 Å². The Balaban J connectivity index is 2.32. The summed E-state index contributed by atoms with van der Waals surface area (Å²) in [4.78, 5) is 0. The molecule has 0 bridgehead atoms. The fourth-order valence-electron chi connectivity index (χ4n) is 1.03. The van der Waals surface area contributed by atoms with Crippen LogP contribution < -0.4 is 4.74 Å². The molecule has 2 aromatic rings. The molecule has 5 heteroatoms. The van der Waals surface area contributed by atoms with E-state index in [1.54, 1.807) is 18.3 Å². The zero-order valence-electron chi connectivity index (χ0n) is 7.52. The third-order valence-electron chi connectivity index (χ3n) is 1.67. The molecule has 0 aliphatic carbocycles. The van der Waals surface area contributed by atoms with Crippen LogP contribution in [0.15, 0.2) is 45.5 Å². The van der Waals surface area contributed by atoms with E-state index >= 15 is 0 Å². The van der Waals surface area contributed by atoms with Gasteiger partial charge in [-0.05, 0) is 50.1 Å². The molecule has 76 valence electrons. The lowest BCUT2D eigenvalue weighted by Crippen LogP contribution is -1.90. The van der Waals surface area contributed by atoms with Crippen LogP contribution in [-0.2, 0) is 0 Å². The molecule has 0 fully saturated rings. The first-order valence-electron chi connectivity index (χ1n) is 4.17. The van der Waals surface area contributed by atoms with Crippen molar-refractivity contribution < 1.29 is 4.74 Å². The summed E-state index contributed by atoms with van der Waals surface area (Å²) in [5.41, 5.74) is 0. The number of ether oxygens (including phenoxy) is 1. The Kier molecular flexibility index (Phi) is 3.33. The summed E-state index contributed by atoms with van der Waals surface area (Å²) in [6.45, 7) is 0. The SMILES string of the molecule is Brc1cccc(Br)c1Oc1cccnn1. The Hall–Kier alpha value is -0.940. The van der Waals surface area contributed by atoms with Gasteiger partial charge in [-0.3, -0.25) is 0 Å². The van der Waals surface area contributed by atoms with Gasteiger partial charge in [0.05, 0.1) is 8.95 Å². The van der Waals surface area contributed by atoms with Crippen molar-refractivity contribution in [3.63, 3.8) is 0 Å². The fraction of sp³-hybridized carbons (Fsp3) is 0. The molecule has 2 rings (SSSR count).